The van der Waals surface area contributed by atoms with Gasteiger partial charge in [-0.3, -0.25) is 14.2 Å². The van der Waals surface area contributed by atoms with E-state index in [2.05, 4.69) is 4.98 Å². The fourth-order valence-corrected chi connectivity index (χ4v) is 4.02. The van der Waals surface area contributed by atoms with Crippen LogP contribution in [0.15, 0.2) is 70.4 Å². The highest BCUT2D eigenvalue weighted by Gasteiger charge is 2.22. The lowest BCUT2D eigenvalue weighted by atomic mass is 10.1. The van der Waals surface area contributed by atoms with Crippen LogP contribution in [0.1, 0.15) is 43.6 Å². The van der Waals surface area contributed by atoms with E-state index in [1.165, 1.54) is 48.5 Å². The molecule has 0 aliphatic rings. The molecule has 15 heteroatoms. The van der Waals surface area contributed by atoms with Crippen LogP contribution >= 0.6 is 23.2 Å². The van der Waals surface area contributed by atoms with E-state index in [-0.39, 0.29) is 44.3 Å². The van der Waals surface area contributed by atoms with E-state index in [1.807, 2.05) is 0 Å². The van der Waals surface area contributed by atoms with Gasteiger partial charge in [0.1, 0.15) is 18.4 Å². The molecule has 2 heterocycles. The van der Waals surface area contributed by atoms with Gasteiger partial charge in [-0.2, -0.15) is 19.2 Å². The molecular formula is C28H17Cl2FN4O8. The lowest BCUT2D eigenvalue weighted by Gasteiger charge is -2.11. The van der Waals surface area contributed by atoms with Crippen molar-refractivity contribution in [1.29, 1.82) is 5.26 Å². The number of rotatable bonds is 8. The third-order valence-electron chi connectivity index (χ3n) is 5.59. The molecule has 4 rings (SSSR count). The molecule has 0 spiro atoms. The average molecular weight is 627 g/mol. The highest BCUT2D eigenvalue weighted by Crippen LogP contribution is 2.25. The van der Waals surface area contributed by atoms with Crippen LogP contribution in [-0.4, -0.2) is 38.6 Å². The van der Waals surface area contributed by atoms with Gasteiger partial charge in [-0.05, 0) is 49.4 Å². The minimum Gasteiger partial charge on any atom is -0.404 e. The van der Waals surface area contributed by atoms with Crippen molar-refractivity contribution in [3.05, 3.63) is 120 Å². The number of aromatic nitrogens is 3. The largest absolute Gasteiger partial charge is 0.404 e. The number of carbonyl (C=O) groups is 3. The first kappa shape index (κ1) is 30.8. The lowest BCUT2D eigenvalue weighted by Crippen LogP contribution is -2.45. The Hall–Kier alpha value is -5.16. The van der Waals surface area contributed by atoms with Gasteiger partial charge in [-0.25, -0.2) is 14.4 Å². The van der Waals surface area contributed by atoms with E-state index in [0.717, 1.165) is 6.07 Å². The zero-order valence-electron chi connectivity index (χ0n) is 21.9. The predicted octanol–water partition coefficient (Wildman–Crippen LogP) is 3.84. The molecule has 0 atom stereocenters. The molecule has 0 radical (unpaired) electrons. The number of nitrogens with zero attached hydrogens (tertiary/aromatic N) is 4. The van der Waals surface area contributed by atoms with E-state index in [0.29, 0.717) is 15.8 Å². The van der Waals surface area contributed by atoms with Crippen molar-refractivity contribution in [2.45, 2.75) is 13.7 Å². The van der Waals surface area contributed by atoms with E-state index in [4.69, 9.17) is 37.4 Å². The normalized spacial score (nSPS) is 10.6. The number of benzene rings is 2. The van der Waals surface area contributed by atoms with Gasteiger partial charge in [0.05, 0.1) is 22.3 Å². The Kier molecular flexibility index (Phi) is 9.46. The van der Waals surface area contributed by atoms with Crippen LogP contribution in [0.3, 0.4) is 0 Å². The van der Waals surface area contributed by atoms with Gasteiger partial charge in [-0.15, -0.1) is 0 Å². The molecule has 0 saturated carbocycles. The van der Waals surface area contributed by atoms with Crippen LogP contribution in [-0.2, 0) is 11.5 Å². The van der Waals surface area contributed by atoms with Crippen molar-refractivity contribution in [3.63, 3.8) is 0 Å². The Morgan fingerprint density at radius 1 is 1.00 bits per heavy atom. The molecule has 0 unspecified atom stereocenters. The van der Waals surface area contributed by atoms with Crippen molar-refractivity contribution in [2.24, 2.45) is 0 Å². The third-order valence-corrected chi connectivity index (χ3v) is 6.14. The summed E-state index contributed by atoms with van der Waals surface area (Å²) < 4.78 is 30.5. The quantitative estimate of drug-likeness (QED) is 0.263. The van der Waals surface area contributed by atoms with Crippen LogP contribution < -0.4 is 20.7 Å². The highest BCUT2D eigenvalue weighted by molar-refractivity contribution is 6.36. The fourth-order valence-electron chi connectivity index (χ4n) is 3.53. The van der Waals surface area contributed by atoms with Crippen LogP contribution in [0.25, 0.3) is 0 Å². The molecule has 43 heavy (non-hydrogen) atoms. The molecule has 0 aliphatic carbocycles. The summed E-state index contributed by atoms with van der Waals surface area (Å²) in [6, 6.07) is 12.9. The molecule has 2 aromatic heterocycles. The zero-order chi connectivity index (χ0) is 31.3. The zero-order valence-corrected chi connectivity index (χ0v) is 23.4. The molecule has 4 aromatic rings. The second-order valence-corrected chi connectivity index (χ2v) is 9.24. The number of esters is 2. The Balaban J connectivity index is 1.60. The van der Waals surface area contributed by atoms with Crippen LogP contribution in [0.4, 0.5) is 4.39 Å². The minimum atomic E-state index is -1.50. The SMILES string of the molecule is CCOCn1cc(F)c(=O)n(C(=O)c2cccc(C(=O)Oc3nc(OC(=O)c4ccc(Cl)cc4Cl)ccc3C#N)c2)c1=O. The number of halogens is 3. The summed E-state index contributed by atoms with van der Waals surface area (Å²) in [6.07, 6.45) is 0.618. The molecule has 12 nitrogen and oxygen atoms in total. The Bertz CT molecular complexity index is 1930. The molecule has 0 N–H and O–H groups in total. The Morgan fingerprint density at radius 3 is 2.44 bits per heavy atom. The smallest absolute Gasteiger partial charge is 0.346 e. The fraction of sp³-hybridized carbons (Fsp3) is 0.107. The summed E-state index contributed by atoms with van der Waals surface area (Å²) in [5.74, 6) is -5.48. The van der Waals surface area contributed by atoms with Gasteiger partial charge in [-0.1, -0.05) is 29.3 Å². The predicted molar refractivity (Wildman–Crippen MR) is 148 cm³/mol. The number of hydrogen-bond donors (Lipinski definition) is 0. The molecule has 0 bridgehead atoms. The summed E-state index contributed by atoms with van der Waals surface area (Å²) in [6.45, 7) is 1.39. The lowest BCUT2D eigenvalue weighted by molar-refractivity contribution is 0.0717. The molecular weight excluding hydrogens is 610 g/mol. The number of hydrogen-bond acceptors (Lipinski definition) is 10. The second kappa shape index (κ2) is 13.2. The van der Waals surface area contributed by atoms with Crippen LogP contribution in [0, 0.1) is 17.1 Å². The van der Waals surface area contributed by atoms with Crippen molar-refractivity contribution in [1.82, 2.24) is 14.1 Å². The van der Waals surface area contributed by atoms with E-state index >= 15 is 0 Å². The number of carbonyl (C=O) groups excluding carboxylic acids is 3. The standard InChI is InChI=1S/C28H17Cl2FN4O8/c1-2-41-14-34-13-21(31)25(37)35(28(34)40)24(36)15-4-3-5-16(10-15)26(38)43-23-17(12-32)6-9-22(33-23)42-27(39)19-8-7-18(29)11-20(19)30/h3-11,13H,2,14H2,1H3. The monoisotopic (exact) mass is 626 g/mol. The minimum absolute atomic E-state index is 0.0148. The van der Waals surface area contributed by atoms with E-state index in [1.54, 1.807) is 13.0 Å². The van der Waals surface area contributed by atoms with Crippen molar-refractivity contribution in [2.75, 3.05) is 6.61 Å². The van der Waals surface area contributed by atoms with Gasteiger partial charge in [0.15, 0.2) is 0 Å². The molecule has 218 valence electrons. The van der Waals surface area contributed by atoms with E-state index in [9.17, 15) is 33.6 Å². The molecule has 0 amide bonds. The first-order chi connectivity index (χ1) is 20.5. The first-order valence-corrected chi connectivity index (χ1v) is 12.8. The molecule has 0 aliphatic heterocycles. The Morgan fingerprint density at radius 2 is 1.74 bits per heavy atom. The molecule has 2 aromatic carbocycles. The molecule has 0 fully saturated rings. The summed E-state index contributed by atoms with van der Waals surface area (Å²) in [5, 5.41) is 9.75. The van der Waals surface area contributed by atoms with E-state index < -0.39 is 47.5 Å². The number of pyridine rings is 1. The summed E-state index contributed by atoms with van der Waals surface area (Å²) in [7, 11) is 0. The van der Waals surface area contributed by atoms with Gasteiger partial charge >= 0.3 is 17.6 Å². The maximum Gasteiger partial charge on any atom is 0.346 e. The highest BCUT2D eigenvalue weighted by atomic mass is 35.5. The molecule has 0 saturated heterocycles. The van der Waals surface area contributed by atoms with Gasteiger partial charge in [0.2, 0.25) is 17.6 Å². The van der Waals surface area contributed by atoms with Crippen molar-refractivity contribution < 1.29 is 33.0 Å². The first-order valence-electron chi connectivity index (χ1n) is 12.1. The maximum atomic E-state index is 14.2. The van der Waals surface area contributed by atoms with Gasteiger partial charge in [0, 0.05) is 23.3 Å². The number of nitriles is 1. The third kappa shape index (κ3) is 6.84. The summed E-state index contributed by atoms with van der Waals surface area (Å²) in [4.78, 5) is 67.5. The van der Waals surface area contributed by atoms with Gasteiger partial charge in [0.25, 0.3) is 11.5 Å². The summed E-state index contributed by atoms with van der Waals surface area (Å²) in [5.41, 5.74) is -3.48. The van der Waals surface area contributed by atoms with Gasteiger partial charge < -0.3 is 14.2 Å². The second-order valence-electron chi connectivity index (χ2n) is 8.40. The van der Waals surface area contributed by atoms with Crippen molar-refractivity contribution >= 4 is 41.0 Å². The average Bonchev–Trinajstić information content (AvgIpc) is 2.98. The Labute approximate surface area is 251 Å². The maximum absolute atomic E-state index is 14.2. The number of ether oxygens (including phenoxy) is 3. The van der Waals surface area contributed by atoms with Crippen molar-refractivity contribution in [3.8, 4) is 17.8 Å². The van der Waals surface area contributed by atoms with Crippen LogP contribution in [0.2, 0.25) is 10.0 Å². The summed E-state index contributed by atoms with van der Waals surface area (Å²) >= 11 is 11.9. The van der Waals surface area contributed by atoms with Crippen LogP contribution in [0.5, 0.6) is 11.8 Å². The topological polar surface area (TPSA) is 160 Å².